The molecule has 0 unspecified atom stereocenters. The average molecular weight is 362 g/mol. The van der Waals surface area contributed by atoms with Crippen LogP contribution in [0.1, 0.15) is 5.56 Å². The molecule has 0 amide bonds. The quantitative estimate of drug-likeness (QED) is 0.519. The molecule has 19 heavy (non-hydrogen) atoms. The van der Waals surface area contributed by atoms with Crippen molar-refractivity contribution < 1.29 is 0 Å². The Morgan fingerprint density at radius 1 is 1.00 bits per heavy atom. The maximum absolute atomic E-state index is 12.5. The van der Waals surface area contributed by atoms with Gasteiger partial charge in [0.1, 0.15) is 0 Å². The molecule has 0 fully saturated rings. The second-order valence-electron chi connectivity index (χ2n) is 4.27. The van der Waals surface area contributed by atoms with Crippen LogP contribution in [0.25, 0.3) is 10.9 Å². The lowest BCUT2D eigenvalue weighted by Gasteiger charge is -2.09. The van der Waals surface area contributed by atoms with Gasteiger partial charge in [-0.3, -0.25) is 9.36 Å². The number of hydrogen-bond donors (Lipinski definition) is 0. The fourth-order valence-corrected chi connectivity index (χ4v) is 2.69. The highest BCUT2D eigenvalue weighted by molar-refractivity contribution is 14.1. The van der Waals surface area contributed by atoms with E-state index in [0.29, 0.717) is 15.8 Å². The van der Waals surface area contributed by atoms with Gasteiger partial charge in [0.25, 0.3) is 5.56 Å². The number of hydrogen-bond acceptors (Lipinski definition) is 2. The molecule has 0 atom stereocenters. The summed E-state index contributed by atoms with van der Waals surface area (Å²) in [5, 5.41) is 0.666. The van der Waals surface area contributed by atoms with Gasteiger partial charge < -0.3 is 0 Å². The van der Waals surface area contributed by atoms with Crippen LogP contribution in [0.15, 0.2) is 59.4 Å². The van der Waals surface area contributed by atoms with Crippen LogP contribution in [0.5, 0.6) is 0 Å². The first-order valence-electron chi connectivity index (χ1n) is 5.95. The molecule has 0 bridgehead atoms. The standard InChI is InChI=1S/C15H11IN2O/c16-15-17-13-9-5-4-8-12(13)14(19)18(15)10-11-6-2-1-3-7-11/h1-9H,10H2. The van der Waals surface area contributed by atoms with Crippen LogP contribution in [0.4, 0.5) is 0 Å². The molecule has 0 aliphatic rings. The van der Waals surface area contributed by atoms with Crippen molar-refractivity contribution >= 4 is 33.5 Å². The molecule has 94 valence electrons. The highest BCUT2D eigenvalue weighted by Gasteiger charge is 2.08. The predicted octanol–water partition coefficient (Wildman–Crippen LogP) is 3.05. The third-order valence-corrected chi connectivity index (χ3v) is 3.82. The van der Waals surface area contributed by atoms with E-state index in [2.05, 4.69) is 27.6 Å². The van der Waals surface area contributed by atoms with Crippen LogP contribution in [-0.4, -0.2) is 9.55 Å². The summed E-state index contributed by atoms with van der Waals surface area (Å²) >= 11 is 2.11. The Hall–Kier alpha value is -1.69. The molecular weight excluding hydrogens is 351 g/mol. The lowest BCUT2D eigenvalue weighted by atomic mass is 10.2. The molecule has 1 aromatic heterocycles. The summed E-state index contributed by atoms with van der Waals surface area (Å²) in [6.07, 6.45) is 0. The summed E-state index contributed by atoms with van der Waals surface area (Å²) in [4.78, 5) is 17.0. The third kappa shape index (κ3) is 2.40. The van der Waals surface area contributed by atoms with E-state index in [1.165, 1.54) is 0 Å². The molecule has 0 saturated carbocycles. The monoisotopic (exact) mass is 362 g/mol. The smallest absolute Gasteiger partial charge is 0.262 e. The second-order valence-corrected chi connectivity index (χ2v) is 5.24. The summed E-state index contributed by atoms with van der Waals surface area (Å²) in [6, 6.07) is 17.4. The highest BCUT2D eigenvalue weighted by Crippen LogP contribution is 2.11. The Morgan fingerprint density at radius 3 is 2.47 bits per heavy atom. The molecule has 0 spiro atoms. The third-order valence-electron chi connectivity index (χ3n) is 3.00. The number of nitrogens with zero attached hydrogens (tertiary/aromatic N) is 2. The zero-order chi connectivity index (χ0) is 13.2. The van der Waals surface area contributed by atoms with Gasteiger partial charge in [0.05, 0.1) is 17.4 Å². The molecule has 0 radical (unpaired) electrons. The van der Waals surface area contributed by atoms with Crippen molar-refractivity contribution in [2.24, 2.45) is 0 Å². The molecule has 0 N–H and O–H groups in total. The van der Waals surface area contributed by atoms with Gasteiger partial charge in [-0.05, 0) is 17.7 Å². The van der Waals surface area contributed by atoms with E-state index in [0.717, 1.165) is 11.1 Å². The molecule has 4 heteroatoms. The minimum Gasteiger partial charge on any atom is -0.283 e. The fraction of sp³-hybridized carbons (Fsp3) is 0.0667. The van der Waals surface area contributed by atoms with Gasteiger partial charge in [-0.15, -0.1) is 0 Å². The molecule has 3 nitrogen and oxygen atoms in total. The van der Waals surface area contributed by atoms with E-state index in [1.807, 2.05) is 54.6 Å². The van der Waals surface area contributed by atoms with Gasteiger partial charge in [-0.25, -0.2) is 4.98 Å². The SMILES string of the molecule is O=c1c2ccccc2nc(I)n1Cc1ccccc1. The van der Waals surface area contributed by atoms with Crippen molar-refractivity contribution in [3.05, 3.63) is 74.3 Å². The van der Waals surface area contributed by atoms with Crippen molar-refractivity contribution in [2.45, 2.75) is 6.54 Å². The molecule has 0 saturated heterocycles. The van der Waals surface area contributed by atoms with E-state index < -0.39 is 0 Å². The molecular formula is C15H11IN2O. The average Bonchev–Trinajstić information content (AvgIpc) is 2.45. The fourth-order valence-electron chi connectivity index (χ4n) is 2.04. The van der Waals surface area contributed by atoms with Gasteiger partial charge in [-0.2, -0.15) is 0 Å². The Labute approximate surface area is 124 Å². The number of fused-ring (bicyclic) bond motifs is 1. The number of benzene rings is 2. The number of halogens is 1. The highest BCUT2D eigenvalue weighted by atomic mass is 127. The Bertz CT molecular complexity index is 781. The summed E-state index contributed by atoms with van der Waals surface area (Å²) < 4.78 is 2.42. The maximum atomic E-state index is 12.5. The van der Waals surface area contributed by atoms with Crippen LogP contribution in [0, 0.1) is 3.83 Å². The Balaban J connectivity index is 2.16. The van der Waals surface area contributed by atoms with Crippen molar-refractivity contribution in [1.29, 1.82) is 0 Å². The summed E-state index contributed by atoms with van der Waals surface area (Å²) in [5.74, 6) is 0. The largest absolute Gasteiger partial charge is 0.283 e. The van der Waals surface area contributed by atoms with Crippen LogP contribution in [0.3, 0.4) is 0 Å². The van der Waals surface area contributed by atoms with Crippen LogP contribution in [-0.2, 0) is 6.54 Å². The van der Waals surface area contributed by atoms with Gasteiger partial charge in [0.2, 0.25) is 0 Å². The van der Waals surface area contributed by atoms with E-state index in [4.69, 9.17) is 0 Å². The molecule has 3 aromatic rings. The van der Waals surface area contributed by atoms with E-state index in [-0.39, 0.29) is 5.56 Å². The summed E-state index contributed by atoms with van der Waals surface area (Å²) in [6.45, 7) is 0.551. The van der Waals surface area contributed by atoms with Gasteiger partial charge >= 0.3 is 0 Å². The number of rotatable bonds is 2. The first-order chi connectivity index (χ1) is 9.25. The molecule has 0 aliphatic heterocycles. The maximum Gasteiger partial charge on any atom is 0.262 e. The summed E-state index contributed by atoms with van der Waals surface area (Å²) in [7, 11) is 0. The predicted molar refractivity (Wildman–Crippen MR) is 84.3 cm³/mol. The van der Waals surface area contributed by atoms with E-state index >= 15 is 0 Å². The van der Waals surface area contributed by atoms with Crippen molar-refractivity contribution in [1.82, 2.24) is 9.55 Å². The Morgan fingerprint density at radius 2 is 1.68 bits per heavy atom. The first kappa shape index (κ1) is 12.3. The van der Waals surface area contributed by atoms with Crippen molar-refractivity contribution in [3.63, 3.8) is 0 Å². The molecule has 2 aromatic carbocycles. The second kappa shape index (κ2) is 5.13. The summed E-state index contributed by atoms with van der Waals surface area (Å²) in [5.41, 5.74) is 1.86. The van der Waals surface area contributed by atoms with E-state index in [9.17, 15) is 4.79 Å². The van der Waals surface area contributed by atoms with Crippen LogP contribution in [0.2, 0.25) is 0 Å². The lowest BCUT2D eigenvalue weighted by Crippen LogP contribution is -2.24. The van der Waals surface area contributed by atoms with Crippen molar-refractivity contribution in [2.75, 3.05) is 0 Å². The topological polar surface area (TPSA) is 34.9 Å². The number of para-hydroxylation sites is 1. The zero-order valence-corrected chi connectivity index (χ0v) is 12.2. The first-order valence-corrected chi connectivity index (χ1v) is 7.02. The van der Waals surface area contributed by atoms with Crippen LogP contribution >= 0.6 is 22.6 Å². The van der Waals surface area contributed by atoms with Crippen molar-refractivity contribution in [3.8, 4) is 0 Å². The van der Waals surface area contributed by atoms with Gasteiger partial charge in [0.15, 0.2) is 3.83 Å². The normalized spacial score (nSPS) is 10.8. The molecule has 0 aliphatic carbocycles. The van der Waals surface area contributed by atoms with Crippen LogP contribution < -0.4 is 5.56 Å². The number of aromatic nitrogens is 2. The molecule has 1 heterocycles. The lowest BCUT2D eigenvalue weighted by molar-refractivity contribution is 0.722. The Kier molecular flexibility index (Phi) is 3.33. The van der Waals surface area contributed by atoms with Gasteiger partial charge in [-0.1, -0.05) is 42.5 Å². The van der Waals surface area contributed by atoms with E-state index in [1.54, 1.807) is 4.57 Å². The minimum absolute atomic E-state index is 0.0128. The van der Waals surface area contributed by atoms with Gasteiger partial charge in [0, 0.05) is 22.6 Å². The zero-order valence-electron chi connectivity index (χ0n) is 10.1. The molecule has 3 rings (SSSR count). The minimum atomic E-state index is 0.0128.